The third kappa shape index (κ3) is 6.76. The topological polar surface area (TPSA) is 107 Å². The summed E-state index contributed by atoms with van der Waals surface area (Å²) in [7, 11) is 0. The number of Topliss-reactive ketones (excluding diaryl/α,β-unsaturated/α-hetero) is 1. The van der Waals surface area contributed by atoms with Crippen molar-refractivity contribution in [3.8, 4) is 23.0 Å². The molecule has 45 heavy (non-hydrogen) atoms. The second-order valence-electron chi connectivity index (χ2n) is 10.9. The van der Waals surface area contributed by atoms with Gasteiger partial charge in [-0.2, -0.15) is 0 Å². The average Bonchev–Trinajstić information content (AvgIpc) is 3.55. The van der Waals surface area contributed by atoms with Crippen LogP contribution in [0.3, 0.4) is 0 Å². The van der Waals surface area contributed by atoms with E-state index in [4.69, 9.17) is 23.9 Å². The van der Waals surface area contributed by atoms with Gasteiger partial charge in [0.05, 0.1) is 48.3 Å². The van der Waals surface area contributed by atoms with Gasteiger partial charge in [-0.3, -0.25) is 14.5 Å². The predicted octanol–water partition coefficient (Wildman–Crippen LogP) is 7.54. The van der Waals surface area contributed by atoms with Gasteiger partial charge in [-0.15, -0.1) is 0 Å². The molecule has 236 valence electrons. The largest absolute Gasteiger partial charge is 0.507 e. The molecular formula is C35H38N2O7S. The molecule has 0 saturated carbocycles. The molecule has 1 unspecified atom stereocenters. The lowest BCUT2D eigenvalue weighted by molar-refractivity contribution is -0.132. The van der Waals surface area contributed by atoms with Gasteiger partial charge in [0, 0.05) is 5.56 Å². The molecule has 1 atom stereocenters. The van der Waals surface area contributed by atoms with Gasteiger partial charge in [0.2, 0.25) is 0 Å². The van der Waals surface area contributed by atoms with E-state index < -0.39 is 17.7 Å². The molecule has 1 N–H and O–H groups in total. The molecule has 0 aliphatic carbocycles. The minimum atomic E-state index is -0.979. The van der Waals surface area contributed by atoms with Crippen LogP contribution >= 0.6 is 11.3 Å². The molecule has 9 nitrogen and oxygen atoms in total. The number of thiazole rings is 1. The molecular weight excluding hydrogens is 592 g/mol. The van der Waals surface area contributed by atoms with E-state index >= 15 is 0 Å². The van der Waals surface area contributed by atoms with Gasteiger partial charge in [0.1, 0.15) is 17.3 Å². The first-order chi connectivity index (χ1) is 21.7. The van der Waals surface area contributed by atoms with Crippen molar-refractivity contribution >= 4 is 44.1 Å². The summed E-state index contributed by atoms with van der Waals surface area (Å²) < 4.78 is 24.0. The number of ketones is 1. The van der Waals surface area contributed by atoms with Crippen molar-refractivity contribution in [1.29, 1.82) is 0 Å². The van der Waals surface area contributed by atoms with Gasteiger partial charge in [-0.25, -0.2) is 4.98 Å². The summed E-state index contributed by atoms with van der Waals surface area (Å²) in [6.07, 6.45) is 0.873. The van der Waals surface area contributed by atoms with E-state index in [1.165, 1.54) is 16.2 Å². The van der Waals surface area contributed by atoms with Crippen molar-refractivity contribution in [2.24, 2.45) is 5.92 Å². The van der Waals surface area contributed by atoms with Crippen LogP contribution < -0.4 is 23.8 Å². The van der Waals surface area contributed by atoms with Crippen molar-refractivity contribution in [1.82, 2.24) is 4.98 Å². The number of aliphatic hydroxyl groups excluding tert-OH is 1. The standard InChI is InChI=1S/C35H38N2O7S/c1-6-41-24-12-9-22(10-13-24)32(38)30-31(23-11-16-27(28(19-23)43-8-3)44-18-17-21(4)5)37(34(40)33(30)39)35-36-26-15-14-25(42-7-2)20-29(26)45-35/h9-16,19-21,31,38H,6-8,17-18H2,1-5H3/b32-30+. The molecule has 1 fully saturated rings. The summed E-state index contributed by atoms with van der Waals surface area (Å²) in [6, 6.07) is 16.6. The maximum Gasteiger partial charge on any atom is 0.301 e. The Balaban J connectivity index is 1.65. The normalized spacial score (nSPS) is 16.0. The minimum Gasteiger partial charge on any atom is -0.507 e. The van der Waals surface area contributed by atoms with Crippen LogP contribution in [0.4, 0.5) is 5.13 Å². The number of hydrogen-bond donors (Lipinski definition) is 1. The highest BCUT2D eigenvalue weighted by Crippen LogP contribution is 2.46. The molecule has 0 bridgehead atoms. The van der Waals surface area contributed by atoms with E-state index in [0.29, 0.717) is 77.1 Å². The summed E-state index contributed by atoms with van der Waals surface area (Å²) in [6.45, 7) is 11.8. The number of hydrogen-bond acceptors (Lipinski definition) is 9. The van der Waals surface area contributed by atoms with Crippen molar-refractivity contribution in [3.05, 3.63) is 77.4 Å². The fourth-order valence-corrected chi connectivity index (χ4v) is 6.14. The monoisotopic (exact) mass is 630 g/mol. The number of carbonyl (C=O) groups is 2. The third-order valence-corrected chi connectivity index (χ3v) is 8.30. The molecule has 4 aromatic rings. The van der Waals surface area contributed by atoms with Crippen molar-refractivity contribution in [2.45, 2.75) is 47.1 Å². The molecule has 1 aromatic heterocycles. The van der Waals surface area contributed by atoms with E-state index in [2.05, 4.69) is 13.8 Å². The lowest BCUT2D eigenvalue weighted by Gasteiger charge is -2.24. The molecule has 0 spiro atoms. The molecule has 1 amide bonds. The maximum atomic E-state index is 13.8. The molecule has 1 aliphatic heterocycles. The Morgan fingerprint density at radius 2 is 1.56 bits per heavy atom. The smallest absolute Gasteiger partial charge is 0.301 e. The first-order valence-corrected chi connectivity index (χ1v) is 16.0. The van der Waals surface area contributed by atoms with Gasteiger partial charge in [0.25, 0.3) is 5.78 Å². The van der Waals surface area contributed by atoms with Crippen LogP contribution in [0.1, 0.15) is 58.2 Å². The number of ether oxygens (including phenoxy) is 4. The zero-order valence-corrected chi connectivity index (χ0v) is 27.0. The zero-order chi connectivity index (χ0) is 32.1. The van der Waals surface area contributed by atoms with Crippen LogP contribution in [0.25, 0.3) is 16.0 Å². The Morgan fingerprint density at radius 3 is 2.24 bits per heavy atom. The number of rotatable bonds is 13. The predicted molar refractivity (Wildman–Crippen MR) is 176 cm³/mol. The number of aromatic nitrogens is 1. The van der Waals surface area contributed by atoms with Crippen LogP contribution in [0.15, 0.2) is 66.2 Å². The minimum absolute atomic E-state index is 0.0469. The Labute approximate surface area is 267 Å². The molecule has 3 aromatic carbocycles. The molecule has 1 saturated heterocycles. The number of benzene rings is 3. The molecule has 10 heteroatoms. The summed E-state index contributed by atoms with van der Waals surface area (Å²) in [5.74, 6) is 0.941. The van der Waals surface area contributed by atoms with Gasteiger partial charge >= 0.3 is 5.91 Å². The Bertz CT molecular complexity index is 1710. The first-order valence-electron chi connectivity index (χ1n) is 15.2. The summed E-state index contributed by atoms with van der Waals surface area (Å²) >= 11 is 1.27. The van der Waals surface area contributed by atoms with Gasteiger partial charge in [-0.05, 0) is 93.3 Å². The summed E-state index contributed by atoms with van der Waals surface area (Å²) in [5.41, 5.74) is 1.56. The molecule has 2 heterocycles. The SMILES string of the molecule is CCOc1ccc(/C(O)=C2\C(=O)C(=O)N(c3nc4ccc(OCC)cc4s3)C2c2ccc(OCCC(C)C)c(OCC)c2)cc1. The fourth-order valence-electron chi connectivity index (χ4n) is 5.12. The van der Waals surface area contributed by atoms with E-state index in [0.717, 1.165) is 11.1 Å². The number of carbonyl (C=O) groups excluding carboxylic acids is 2. The van der Waals surface area contributed by atoms with E-state index in [-0.39, 0.29) is 11.3 Å². The summed E-state index contributed by atoms with van der Waals surface area (Å²) in [5, 5.41) is 11.9. The van der Waals surface area contributed by atoms with Crippen LogP contribution in [-0.2, 0) is 9.59 Å². The van der Waals surface area contributed by atoms with Crippen molar-refractivity contribution in [2.75, 3.05) is 31.3 Å². The second kappa shape index (κ2) is 14.0. The maximum absolute atomic E-state index is 13.8. The van der Waals surface area contributed by atoms with Crippen LogP contribution in [0.2, 0.25) is 0 Å². The zero-order valence-electron chi connectivity index (χ0n) is 26.2. The second-order valence-corrected chi connectivity index (χ2v) is 11.9. The average molecular weight is 631 g/mol. The van der Waals surface area contributed by atoms with Gasteiger partial charge in [0.15, 0.2) is 16.6 Å². The summed E-state index contributed by atoms with van der Waals surface area (Å²) in [4.78, 5) is 33.6. The highest BCUT2D eigenvalue weighted by Gasteiger charge is 2.48. The number of fused-ring (bicyclic) bond motifs is 1. The van der Waals surface area contributed by atoms with Crippen LogP contribution in [0, 0.1) is 5.92 Å². The Morgan fingerprint density at radius 1 is 0.867 bits per heavy atom. The quantitative estimate of drug-likeness (QED) is 0.0917. The van der Waals surface area contributed by atoms with E-state index in [9.17, 15) is 14.7 Å². The highest BCUT2D eigenvalue weighted by atomic mass is 32.1. The molecule has 0 radical (unpaired) electrons. The first kappa shape index (κ1) is 31.8. The van der Waals surface area contributed by atoms with E-state index in [1.54, 1.807) is 42.5 Å². The molecule has 1 aliphatic rings. The van der Waals surface area contributed by atoms with Crippen LogP contribution in [0.5, 0.6) is 23.0 Å². The lowest BCUT2D eigenvalue weighted by atomic mass is 9.95. The van der Waals surface area contributed by atoms with Gasteiger partial charge < -0.3 is 24.1 Å². The number of anilines is 1. The third-order valence-electron chi connectivity index (χ3n) is 7.28. The fraction of sp³-hybridized carbons (Fsp3) is 0.343. The lowest BCUT2D eigenvalue weighted by Crippen LogP contribution is -2.29. The van der Waals surface area contributed by atoms with Crippen LogP contribution in [-0.4, -0.2) is 48.2 Å². The number of amides is 1. The van der Waals surface area contributed by atoms with E-state index in [1.807, 2.05) is 39.0 Å². The van der Waals surface area contributed by atoms with Gasteiger partial charge in [-0.1, -0.05) is 31.3 Å². The highest BCUT2D eigenvalue weighted by molar-refractivity contribution is 7.22. The number of aliphatic hydroxyl groups is 1. The Hall–Kier alpha value is -4.57. The molecule has 5 rings (SSSR count). The Kier molecular flexibility index (Phi) is 9.93. The van der Waals surface area contributed by atoms with Crippen molar-refractivity contribution in [3.63, 3.8) is 0 Å². The van der Waals surface area contributed by atoms with Crippen molar-refractivity contribution < 1.29 is 33.6 Å². The number of nitrogens with zero attached hydrogens (tertiary/aromatic N) is 2.